The lowest BCUT2D eigenvalue weighted by atomic mass is 9.99. The molecule has 1 fully saturated rings. The summed E-state index contributed by atoms with van der Waals surface area (Å²) in [6.07, 6.45) is 41.0. The third kappa shape index (κ3) is 31.8. The van der Waals surface area contributed by atoms with Gasteiger partial charge in [0.15, 0.2) is 5.79 Å². The van der Waals surface area contributed by atoms with Gasteiger partial charge in [-0.05, 0) is 78.3 Å². The van der Waals surface area contributed by atoms with E-state index < -0.39 is 5.79 Å². The number of esters is 2. The Morgan fingerprint density at radius 1 is 0.571 bits per heavy atom. The van der Waals surface area contributed by atoms with Gasteiger partial charge in [0, 0.05) is 32.2 Å². The van der Waals surface area contributed by atoms with Crippen LogP contribution in [-0.4, -0.2) is 68.7 Å². The standard InChI is InChI=1S/C49H95NO6/c1-6-9-12-15-18-19-20-26-34-43-53-47(51)37-31-27-33-41-49(54-44-46(56-49)39-42-50(4)5)40-32-25-21-24-30-38-48(52)55-45(35-28-22-16-13-10-7-2)36-29-23-17-14-11-8-3/h45-46H,6-44H2,1-5H3/t46?,49-/m0/s1. The van der Waals surface area contributed by atoms with Gasteiger partial charge in [0.25, 0.3) is 0 Å². The first kappa shape index (κ1) is 52.8. The quantitative estimate of drug-likeness (QED) is 0.0450. The van der Waals surface area contributed by atoms with E-state index in [9.17, 15) is 9.59 Å². The fourth-order valence-electron chi connectivity index (χ4n) is 8.07. The van der Waals surface area contributed by atoms with Gasteiger partial charge in [-0.2, -0.15) is 0 Å². The van der Waals surface area contributed by atoms with Crippen LogP contribution >= 0.6 is 0 Å². The second-order valence-electron chi connectivity index (χ2n) is 17.7. The van der Waals surface area contributed by atoms with Gasteiger partial charge in [-0.25, -0.2) is 0 Å². The highest BCUT2D eigenvalue weighted by Gasteiger charge is 2.40. The highest BCUT2D eigenvalue weighted by atomic mass is 16.7. The Hall–Kier alpha value is -1.18. The van der Waals surface area contributed by atoms with Crippen LogP contribution in [0.2, 0.25) is 0 Å². The first-order valence-corrected chi connectivity index (χ1v) is 24.7. The molecule has 0 aromatic heterocycles. The third-order valence-corrected chi connectivity index (χ3v) is 11.8. The number of hydrogen-bond donors (Lipinski definition) is 0. The average Bonchev–Trinajstić information content (AvgIpc) is 3.59. The smallest absolute Gasteiger partial charge is 0.306 e. The normalized spacial score (nSPS) is 17.0. The second-order valence-corrected chi connectivity index (χ2v) is 17.7. The van der Waals surface area contributed by atoms with Crippen molar-refractivity contribution in [1.29, 1.82) is 0 Å². The minimum atomic E-state index is -0.502. The van der Waals surface area contributed by atoms with E-state index in [4.69, 9.17) is 18.9 Å². The van der Waals surface area contributed by atoms with Crippen LogP contribution in [0.5, 0.6) is 0 Å². The van der Waals surface area contributed by atoms with Crippen molar-refractivity contribution in [2.24, 2.45) is 0 Å². The summed E-state index contributed by atoms with van der Waals surface area (Å²) in [6.45, 7) is 9.01. The predicted molar refractivity (Wildman–Crippen MR) is 236 cm³/mol. The molecule has 0 aromatic carbocycles. The lowest BCUT2D eigenvalue weighted by Crippen LogP contribution is -2.31. The average molecular weight is 794 g/mol. The zero-order valence-electron chi connectivity index (χ0n) is 38.1. The zero-order valence-corrected chi connectivity index (χ0v) is 38.1. The van der Waals surface area contributed by atoms with E-state index in [2.05, 4.69) is 39.8 Å². The van der Waals surface area contributed by atoms with Gasteiger partial charge < -0.3 is 23.8 Å². The van der Waals surface area contributed by atoms with Crippen LogP contribution in [0.25, 0.3) is 0 Å². The molecular weight excluding hydrogens is 699 g/mol. The van der Waals surface area contributed by atoms with Gasteiger partial charge in [-0.15, -0.1) is 0 Å². The summed E-state index contributed by atoms with van der Waals surface area (Å²) in [5.41, 5.74) is 0. The van der Waals surface area contributed by atoms with Crippen molar-refractivity contribution in [3.63, 3.8) is 0 Å². The number of rotatable bonds is 42. The molecule has 1 unspecified atom stereocenters. The lowest BCUT2D eigenvalue weighted by molar-refractivity contribution is -0.180. The lowest BCUT2D eigenvalue weighted by Gasteiger charge is -2.28. The van der Waals surface area contributed by atoms with Crippen molar-refractivity contribution < 1.29 is 28.5 Å². The van der Waals surface area contributed by atoms with E-state index in [1.165, 1.54) is 122 Å². The van der Waals surface area contributed by atoms with Gasteiger partial charge in [0.2, 0.25) is 0 Å². The second kappa shape index (κ2) is 38.0. The van der Waals surface area contributed by atoms with Crippen molar-refractivity contribution >= 4 is 11.9 Å². The molecule has 1 aliphatic heterocycles. The number of nitrogens with zero attached hydrogens (tertiary/aromatic N) is 1. The van der Waals surface area contributed by atoms with Crippen molar-refractivity contribution in [2.75, 3.05) is 33.9 Å². The summed E-state index contributed by atoms with van der Waals surface area (Å²) in [6, 6.07) is 0. The number of hydrogen-bond acceptors (Lipinski definition) is 7. The largest absolute Gasteiger partial charge is 0.466 e. The van der Waals surface area contributed by atoms with Crippen molar-refractivity contribution in [3.05, 3.63) is 0 Å². The SMILES string of the molecule is CCCCCCCCCCCOC(=O)CCCCC[C@@]1(CCCCCCCC(=O)OC(CCCCCCCC)CCCCCCCC)OCC(CCN(C)C)O1. The van der Waals surface area contributed by atoms with Crippen molar-refractivity contribution in [3.8, 4) is 0 Å². The number of carbonyl (C=O) groups excluding carboxylic acids is 2. The Balaban J connectivity index is 2.33. The Kier molecular flexibility index (Phi) is 35.9. The molecule has 0 saturated carbocycles. The fraction of sp³-hybridized carbons (Fsp3) is 0.959. The summed E-state index contributed by atoms with van der Waals surface area (Å²) >= 11 is 0. The topological polar surface area (TPSA) is 74.3 Å². The third-order valence-electron chi connectivity index (χ3n) is 11.8. The van der Waals surface area contributed by atoms with Crippen LogP contribution in [0, 0.1) is 0 Å². The van der Waals surface area contributed by atoms with Gasteiger partial charge in [0.05, 0.1) is 19.3 Å². The first-order valence-electron chi connectivity index (χ1n) is 24.7. The van der Waals surface area contributed by atoms with Gasteiger partial charge in [-0.3, -0.25) is 9.59 Å². The Morgan fingerprint density at radius 3 is 1.52 bits per heavy atom. The van der Waals surface area contributed by atoms with E-state index in [-0.39, 0.29) is 24.1 Å². The first-order chi connectivity index (χ1) is 27.3. The molecule has 2 atom stereocenters. The van der Waals surface area contributed by atoms with E-state index in [1.807, 2.05) is 0 Å². The van der Waals surface area contributed by atoms with E-state index in [1.54, 1.807) is 0 Å². The van der Waals surface area contributed by atoms with Gasteiger partial charge >= 0.3 is 11.9 Å². The van der Waals surface area contributed by atoms with Crippen LogP contribution in [0.15, 0.2) is 0 Å². The number of ether oxygens (including phenoxy) is 4. The van der Waals surface area contributed by atoms with E-state index in [0.29, 0.717) is 26.1 Å². The minimum Gasteiger partial charge on any atom is -0.466 e. The predicted octanol–water partition coefficient (Wildman–Crippen LogP) is 14.2. The van der Waals surface area contributed by atoms with Gasteiger partial charge in [0.1, 0.15) is 6.10 Å². The fourth-order valence-corrected chi connectivity index (χ4v) is 8.07. The van der Waals surface area contributed by atoms with Crippen molar-refractivity contribution in [2.45, 2.75) is 270 Å². The summed E-state index contributed by atoms with van der Waals surface area (Å²) in [5, 5.41) is 0. The van der Waals surface area contributed by atoms with Crippen LogP contribution in [0.3, 0.4) is 0 Å². The molecule has 1 heterocycles. The van der Waals surface area contributed by atoms with Crippen LogP contribution in [0.1, 0.15) is 252 Å². The zero-order chi connectivity index (χ0) is 40.8. The highest BCUT2D eigenvalue weighted by Crippen LogP contribution is 2.35. The van der Waals surface area contributed by atoms with Crippen molar-refractivity contribution in [1.82, 2.24) is 4.90 Å². The Morgan fingerprint density at radius 2 is 1.00 bits per heavy atom. The maximum Gasteiger partial charge on any atom is 0.306 e. The molecule has 0 amide bonds. The summed E-state index contributed by atoms with van der Waals surface area (Å²) in [5.74, 6) is -0.543. The Labute approximate surface area is 348 Å². The van der Waals surface area contributed by atoms with E-state index >= 15 is 0 Å². The molecule has 332 valence electrons. The van der Waals surface area contributed by atoms with Gasteiger partial charge in [-0.1, -0.05) is 162 Å². The highest BCUT2D eigenvalue weighted by molar-refractivity contribution is 5.69. The molecule has 0 N–H and O–H groups in total. The molecule has 0 spiro atoms. The van der Waals surface area contributed by atoms with Crippen LogP contribution in [-0.2, 0) is 28.5 Å². The molecule has 56 heavy (non-hydrogen) atoms. The molecule has 1 rings (SSSR count). The molecule has 7 nitrogen and oxygen atoms in total. The molecular formula is C49H95NO6. The maximum atomic E-state index is 12.9. The van der Waals surface area contributed by atoms with E-state index in [0.717, 1.165) is 103 Å². The summed E-state index contributed by atoms with van der Waals surface area (Å²) in [7, 11) is 4.21. The molecule has 0 radical (unpaired) electrons. The monoisotopic (exact) mass is 794 g/mol. The van der Waals surface area contributed by atoms with Crippen LogP contribution in [0.4, 0.5) is 0 Å². The summed E-state index contributed by atoms with van der Waals surface area (Å²) in [4.78, 5) is 27.4. The maximum absolute atomic E-state index is 12.9. The molecule has 0 aromatic rings. The Bertz CT molecular complexity index is 867. The molecule has 0 bridgehead atoms. The molecule has 1 saturated heterocycles. The minimum absolute atomic E-state index is 0.00880. The molecule has 7 heteroatoms. The molecule has 1 aliphatic rings. The van der Waals surface area contributed by atoms with Crippen LogP contribution < -0.4 is 0 Å². The number of unbranched alkanes of at least 4 members (excludes halogenated alkanes) is 24. The summed E-state index contributed by atoms with van der Waals surface area (Å²) < 4.78 is 24.7. The number of carbonyl (C=O) groups is 2. The molecule has 0 aliphatic carbocycles.